The number of rotatable bonds is 2. The highest BCUT2D eigenvalue weighted by molar-refractivity contribution is 8.15. The van der Waals surface area contributed by atoms with E-state index in [1.165, 1.54) is 11.8 Å². The van der Waals surface area contributed by atoms with Crippen LogP contribution >= 0.6 is 11.8 Å². The van der Waals surface area contributed by atoms with Crippen LogP contribution in [0, 0.1) is 0 Å². The molecule has 1 aromatic heterocycles. The van der Waals surface area contributed by atoms with Crippen LogP contribution in [0.25, 0.3) is 10.9 Å². The van der Waals surface area contributed by atoms with Gasteiger partial charge in [-0.25, -0.2) is 5.01 Å². The number of para-hydroxylation sites is 3. The van der Waals surface area contributed by atoms with Gasteiger partial charge in [0.2, 0.25) is 15.9 Å². The average Bonchev–Trinajstić information content (AvgIpc) is 3.45. The van der Waals surface area contributed by atoms with Crippen LogP contribution in [-0.4, -0.2) is 21.2 Å². The molecule has 4 aromatic rings. The predicted molar refractivity (Wildman–Crippen MR) is 125 cm³/mol. The highest BCUT2D eigenvalue weighted by Crippen LogP contribution is 2.54. The summed E-state index contributed by atoms with van der Waals surface area (Å²) in [4.78, 5) is 15.0. The number of H-pyrrole nitrogens is 1. The van der Waals surface area contributed by atoms with E-state index in [0.717, 1.165) is 27.8 Å². The van der Waals surface area contributed by atoms with Gasteiger partial charge in [0.25, 0.3) is 5.91 Å². The lowest BCUT2D eigenvalue weighted by atomic mass is 10.1. The zero-order chi connectivity index (χ0) is 21.7. The van der Waals surface area contributed by atoms with Crippen molar-refractivity contribution in [1.29, 1.82) is 0 Å². The molecule has 0 aliphatic carbocycles. The SMILES string of the molecule is O=C1Nc2ccccc2C12SC(N=Nc1c(O)[nH]c3ccccc13)=NN2c1ccccc1. The first-order chi connectivity index (χ1) is 15.7. The first kappa shape index (κ1) is 18.6. The molecule has 1 unspecified atom stereocenters. The summed E-state index contributed by atoms with van der Waals surface area (Å²) >= 11 is 1.22. The number of aromatic hydroxyl groups is 1. The molecule has 8 nitrogen and oxygen atoms in total. The molecule has 3 aromatic carbocycles. The molecule has 3 heterocycles. The maximum Gasteiger partial charge on any atom is 0.268 e. The lowest BCUT2D eigenvalue weighted by Gasteiger charge is -2.30. The fraction of sp³-hybridized carbons (Fsp3) is 0.0435. The number of anilines is 2. The van der Waals surface area contributed by atoms with Crippen molar-refractivity contribution < 1.29 is 9.90 Å². The van der Waals surface area contributed by atoms with Gasteiger partial charge in [-0.05, 0) is 36.0 Å². The summed E-state index contributed by atoms with van der Waals surface area (Å²) in [6.07, 6.45) is 0. The highest BCUT2D eigenvalue weighted by Gasteiger charge is 2.57. The standard InChI is InChI=1S/C23H16N6O2S/c30-20-19(15-10-4-6-12-17(15)24-20)26-27-22-28-29(14-8-2-1-3-9-14)23(32-22)16-11-5-7-13-18(16)25-21(23)31/h1-13,24,30H,(H,25,31). The van der Waals surface area contributed by atoms with Crippen LogP contribution in [0.15, 0.2) is 94.2 Å². The molecule has 0 fully saturated rings. The van der Waals surface area contributed by atoms with Gasteiger partial charge in [-0.15, -0.1) is 15.3 Å². The Hall–Kier alpha value is -4.11. The summed E-state index contributed by atoms with van der Waals surface area (Å²) in [5, 5.41) is 29.2. The maximum atomic E-state index is 13.3. The van der Waals surface area contributed by atoms with Crippen molar-refractivity contribution in [2.45, 2.75) is 4.87 Å². The van der Waals surface area contributed by atoms with Gasteiger partial charge in [-0.2, -0.15) is 0 Å². The van der Waals surface area contributed by atoms with Gasteiger partial charge in [0.1, 0.15) is 0 Å². The van der Waals surface area contributed by atoms with Crippen LogP contribution in [0.3, 0.4) is 0 Å². The number of fused-ring (bicyclic) bond motifs is 3. The quantitative estimate of drug-likeness (QED) is 0.368. The monoisotopic (exact) mass is 440 g/mol. The normalized spacial score (nSPS) is 19.7. The molecular formula is C23H16N6O2S. The van der Waals surface area contributed by atoms with Gasteiger partial charge >= 0.3 is 0 Å². The molecular weight excluding hydrogens is 424 g/mol. The molecule has 156 valence electrons. The number of carbonyl (C=O) groups excluding carboxylic acids is 1. The molecule has 2 aliphatic heterocycles. The van der Waals surface area contributed by atoms with E-state index in [9.17, 15) is 9.90 Å². The Morgan fingerprint density at radius 3 is 2.56 bits per heavy atom. The van der Waals surface area contributed by atoms with E-state index >= 15 is 0 Å². The predicted octanol–water partition coefficient (Wildman–Crippen LogP) is 5.29. The third-order valence-corrected chi connectivity index (χ3v) is 6.69. The number of thioether (sulfide) groups is 1. The maximum absolute atomic E-state index is 13.3. The van der Waals surface area contributed by atoms with Gasteiger partial charge in [0.05, 0.1) is 11.2 Å². The van der Waals surface area contributed by atoms with Crippen LogP contribution in [0.4, 0.5) is 17.1 Å². The number of nitrogens with zero attached hydrogens (tertiary/aromatic N) is 4. The zero-order valence-corrected chi connectivity index (χ0v) is 17.4. The first-order valence-corrected chi connectivity index (χ1v) is 10.7. The molecule has 0 saturated heterocycles. The minimum absolute atomic E-state index is 0.0721. The Bertz CT molecular complexity index is 1430. The molecule has 0 bridgehead atoms. The second-order valence-electron chi connectivity index (χ2n) is 7.34. The van der Waals surface area contributed by atoms with Crippen LogP contribution in [0.1, 0.15) is 5.56 Å². The smallest absolute Gasteiger partial charge is 0.268 e. The van der Waals surface area contributed by atoms with Gasteiger partial charge in [0, 0.05) is 16.6 Å². The Kier molecular flexibility index (Phi) is 4.05. The number of hydrogen-bond donors (Lipinski definition) is 3. The number of carbonyl (C=O) groups is 1. The summed E-state index contributed by atoms with van der Waals surface area (Å²) in [6, 6.07) is 24.5. The second kappa shape index (κ2) is 6.96. The summed E-state index contributed by atoms with van der Waals surface area (Å²) in [5.41, 5.74) is 3.39. The third-order valence-electron chi connectivity index (χ3n) is 5.47. The van der Waals surface area contributed by atoms with E-state index in [0.29, 0.717) is 10.9 Å². The largest absolute Gasteiger partial charge is 0.493 e. The number of benzene rings is 3. The molecule has 32 heavy (non-hydrogen) atoms. The lowest BCUT2D eigenvalue weighted by Crippen LogP contribution is -2.43. The van der Waals surface area contributed by atoms with Crippen molar-refractivity contribution in [3.8, 4) is 5.88 Å². The molecule has 9 heteroatoms. The fourth-order valence-electron chi connectivity index (χ4n) is 4.04. The van der Waals surface area contributed by atoms with Crippen LogP contribution in [0.2, 0.25) is 0 Å². The van der Waals surface area contributed by atoms with Crippen LogP contribution in [-0.2, 0) is 9.67 Å². The minimum Gasteiger partial charge on any atom is -0.493 e. The molecule has 2 aliphatic rings. The van der Waals surface area contributed by atoms with Crippen molar-refractivity contribution in [2.24, 2.45) is 15.3 Å². The third kappa shape index (κ3) is 2.64. The zero-order valence-electron chi connectivity index (χ0n) is 16.6. The highest BCUT2D eigenvalue weighted by atomic mass is 32.2. The average molecular weight is 440 g/mol. The molecule has 1 amide bonds. The molecule has 3 N–H and O–H groups in total. The van der Waals surface area contributed by atoms with Crippen LogP contribution < -0.4 is 10.3 Å². The van der Waals surface area contributed by atoms with Gasteiger partial charge < -0.3 is 15.4 Å². The van der Waals surface area contributed by atoms with Gasteiger partial charge in [-0.3, -0.25) is 4.79 Å². The van der Waals surface area contributed by atoms with Crippen molar-refractivity contribution in [3.05, 3.63) is 84.4 Å². The van der Waals surface area contributed by atoms with Crippen molar-refractivity contribution in [1.82, 2.24) is 4.98 Å². The molecule has 0 radical (unpaired) electrons. The molecule has 6 rings (SSSR count). The van der Waals surface area contributed by atoms with E-state index in [1.54, 1.807) is 5.01 Å². The van der Waals surface area contributed by atoms with E-state index < -0.39 is 4.87 Å². The van der Waals surface area contributed by atoms with Crippen LogP contribution in [0.5, 0.6) is 5.88 Å². The number of aromatic amines is 1. The van der Waals surface area contributed by atoms with E-state index in [2.05, 4.69) is 25.6 Å². The summed E-state index contributed by atoms with van der Waals surface area (Å²) in [5.74, 6) is -0.270. The number of azo groups is 1. The summed E-state index contributed by atoms with van der Waals surface area (Å²) < 4.78 is 0. The number of amides is 1. The Balaban J connectivity index is 1.45. The molecule has 1 spiro atoms. The topological polar surface area (TPSA) is 105 Å². The van der Waals surface area contributed by atoms with Crippen molar-refractivity contribution in [2.75, 3.05) is 10.3 Å². The van der Waals surface area contributed by atoms with Gasteiger partial charge in [-0.1, -0.05) is 54.6 Å². The second-order valence-corrected chi connectivity index (χ2v) is 8.50. The number of hydrogen-bond acceptors (Lipinski definition) is 7. The van der Waals surface area contributed by atoms with Crippen molar-refractivity contribution in [3.63, 3.8) is 0 Å². The van der Waals surface area contributed by atoms with E-state index in [1.807, 2.05) is 78.9 Å². The minimum atomic E-state index is -1.13. The van der Waals surface area contributed by atoms with Gasteiger partial charge in [0.15, 0.2) is 5.69 Å². The number of hydrazone groups is 1. The lowest BCUT2D eigenvalue weighted by molar-refractivity contribution is -0.118. The number of amidine groups is 1. The molecule has 0 saturated carbocycles. The molecule has 1 atom stereocenters. The number of nitrogens with one attached hydrogen (secondary N) is 2. The summed E-state index contributed by atoms with van der Waals surface area (Å²) in [6.45, 7) is 0. The Morgan fingerprint density at radius 1 is 0.938 bits per heavy atom. The Morgan fingerprint density at radius 2 is 1.69 bits per heavy atom. The van der Waals surface area contributed by atoms with E-state index in [4.69, 9.17) is 0 Å². The van der Waals surface area contributed by atoms with Crippen molar-refractivity contribution >= 4 is 50.8 Å². The Labute approximate surface area is 186 Å². The van der Waals surface area contributed by atoms with E-state index in [-0.39, 0.29) is 11.8 Å². The number of aromatic nitrogens is 1. The first-order valence-electron chi connectivity index (χ1n) is 9.92. The summed E-state index contributed by atoms with van der Waals surface area (Å²) in [7, 11) is 0. The fourth-order valence-corrected chi connectivity index (χ4v) is 5.17.